The van der Waals surface area contributed by atoms with Gasteiger partial charge in [-0.25, -0.2) is 0 Å². The van der Waals surface area contributed by atoms with Crippen LogP contribution in [0.2, 0.25) is 0 Å². The minimum atomic E-state index is 0.324. The number of aromatic nitrogens is 2. The molecule has 4 heteroatoms. The number of likely N-dealkylation sites (N-methyl/N-ethyl adjacent to an activating group) is 1. The number of nitrogens with one attached hydrogen (secondary N) is 1. The quantitative estimate of drug-likeness (QED) is 0.773. The first-order chi connectivity index (χ1) is 10.3. The molecule has 1 aliphatic rings. The normalized spacial score (nSPS) is 17.2. The van der Waals surface area contributed by atoms with Crippen LogP contribution in [-0.2, 0) is 6.42 Å². The Hall–Kier alpha value is -0.880. The fourth-order valence-corrected chi connectivity index (χ4v) is 3.96. The number of hydrogen-bond donors (Lipinski definition) is 1. The van der Waals surface area contributed by atoms with E-state index in [-0.39, 0.29) is 0 Å². The van der Waals surface area contributed by atoms with E-state index in [9.17, 15) is 0 Å². The molecule has 0 radical (unpaired) electrons. The molecule has 0 saturated heterocycles. The minimum Gasteiger partial charge on any atom is -0.313 e. The zero-order chi connectivity index (χ0) is 14.7. The van der Waals surface area contributed by atoms with Gasteiger partial charge in [0.25, 0.3) is 0 Å². The third-order valence-electron chi connectivity index (χ3n) is 4.40. The monoisotopic (exact) mass is 395 g/mol. The molecule has 0 amide bonds. The van der Waals surface area contributed by atoms with Crippen LogP contribution < -0.4 is 5.32 Å². The van der Waals surface area contributed by atoms with E-state index in [0.717, 1.165) is 6.42 Å². The van der Waals surface area contributed by atoms with Crippen molar-refractivity contribution in [1.29, 1.82) is 0 Å². The molecular weight excluding hydrogens is 373 g/mol. The van der Waals surface area contributed by atoms with Crippen molar-refractivity contribution >= 4 is 22.6 Å². The SMILES string of the molecule is CNC(Cc1ccn(C2CCCC2)n1)c1ccccc1I. The number of hydrogen-bond acceptors (Lipinski definition) is 2. The van der Waals surface area contributed by atoms with E-state index < -0.39 is 0 Å². The highest BCUT2D eigenvalue weighted by atomic mass is 127. The topological polar surface area (TPSA) is 29.9 Å². The summed E-state index contributed by atoms with van der Waals surface area (Å²) < 4.78 is 3.50. The standard InChI is InChI=1S/C17H22IN3/c1-19-17(15-8-4-5-9-16(15)18)12-13-10-11-21(20-13)14-6-2-3-7-14/h4-5,8-11,14,17,19H,2-3,6-7,12H2,1H3. The molecule has 1 aromatic heterocycles. The van der Waals surface area contributed by atoms with Gasteiger partial charge in [-0.2, -0.15) is 5.10 Å². The summed E-state index contributed by atoms with van der Waals surface area (Å²) in [6.07, 6.45) is 8.37. The molecule has 1 heterocycles. The van der Waals surface area contributed by atoms with E-state index in [4.69, 9.17) is 5.10 Å². The largest absolute Gasteiger partial charge is 0.313 e. The van der Waals surface area contributed by atoms with Crippen LogP contribution in [0.3, 0.4) is 0 Å². The fourth-order valence-electron chi connectivity index (χ4n) is 3.19. The zero-order valence-electron chi connectivity index (χ0n) is 12.4. The molecular formula is C17H22IN3. The van der Waals surface area contributed by atoms with Crippen molar-refractivity contribution < 1.29 is 0 Å². The lowest BCUT2D eigenvalue weighted by Gasteiger charge is -2.17. The van der Waals surface area contributed by atoms with Gasteiger partial charge in [-0.1, -0.05) is 31.0 Å². The molecule has 0 bridgehead atoms. The van der Waals surface area contributed by atoms with Crippen LogP contribution in [0.25, 0.3) is 0 Å². The molecule has 21 heavy (non-hydrogen) atoms. The van der Waals surface area contributed by atoms with E-state index >= 15 is 0 Å². The van der Waals surface area contributed by atoms with Crippen LogP contribution in [-0.4, -0.2) is 16.8 Å². The molecule has 1 atom stereocenters. The Morgan fingerprint density at radius 3 is 2.76 bits per heavy atom. The van der Waals surface area contributed by atoms with Gasteiger partial charge in [0.05, 0.1) is 11.7 Å². The summed E-state index contributed by atoms with van der Waals surface area (Å²) in [4.78, 5) is 0. The third kappa shape index (κ3) is 3.48. The summed E-state index contributed by atoms with van der Waals surface area (Å²) in [5.74, 6) is 0. The molecule has 1 fully saturated rings. The Balaban J connectivity index is 1.74. The van der Waals surface area contributed by atoms with Crippen LogP contribution in [0.1, 0.15) is 49.0 Å². The number of rotatable bonds is 5. The van der Waals surface area contributed by atoms with E-state index in [1.54, 1.807) is 0 Å². The van der Waals surface area contributed by atoms with Gasteiger partial charge in [0, 0.05) is 22.2 Å². The van der Waals surface area contributed by atoms with Crippen molar-refractivity contribution in [2.75, 3.05) is 7.05 Å². The summed E-state index contributed by atoms with van der Waals surface area (Å²) in [6, 6.07) is 11.7. The zero-order valence-corrected chi connectivity index (χ0v) is 14.6. The smallest absolute Gasteiger partial charge is 0.0643 e. The highest BCUT2D eigenvalue weighted by Gasteiger charge is 2.19. The maximum Gasteiger partial charge on any atom is 0.0643 e. The summed E-state index contributed by atoms with van der Waals surface area (Å²) >= 11 is 2.41. The Morgan fingerprint density at radius 1 is 1.29 bits per heavy atom. The molecule has 0 spiro atoms. The number of halogens is 1. The summed E-state index contributed by atoms with van der Waals surface area (Å²) in [5.41, 5.74) is 2.54. The molecule has 0 aliphatic heterocycles. The van der Waals surface area contributed by atoms with E-state index in [2.05, 4.69) is 69.1 Å². The maximum atomic E-state index is 4.81. The van der Waals surface area contributed by atoms with Crippen molar-refractivity contribution in [1.82, 2.24) is 15.1 Å². The lowest BCUT2D eigenvalue weighted by molar-refractivity contribution is 0.459. The van der Waals surface area contributed by atoms with Gasteiger partial charge < -0.3 is 5.32 Å². The van der Waals surface area contributed by atoms with Crippen LogP contribution in [0.15, 0.2) is 36.5 Å². The maximum absolute atomic E-state index is 4.81. The Labute approximate surface area is 140 Å². The van der Waals surface area contributed by atoms with Crippen molar-refractivity contribution in [3.63, 3.8) is 0 Å². The summed E-state index contributed by atoms with van der Waals surface area (Å²) in [7, 11) is 2.03. The van der Waals surface area contributed by atoms with Gasteiger partial charge in [-0.15, -0.1) is 0 Å². The van der Waals surface area contributed by atoms with Gasteiger partial charge in [-0.05, 0) is 60.2 Å². The molecule has 2 aromatic rings. The highest BCUT2D eigenvalue weighted by molar-refractivity contribution is 14.1. The van der Waals surface area contributed by atoms with Gasteiger partial charge in [-0.3, -0.25) is 4.68 Å². The average Bonchev–Trinajstić information content (AvgIpc) is 3.16. The first kappa shape index (κ1) is 15.0. The Kier molecular flexibility index (Phi) is 4.95. The van der Waals surface area contributed by atoms with Crippen LogP contribution in [0, 0.1) is 3.57 Å². The molecule has 112 valence electrons. The number of benzene rings is 1. The second-order valence-corrected chi connectivity index (χ2v) is 6.95. The molecule has 1 unspecified atom stereocenters. The number of nitrogens with zero attached hydrogens (tertiary/aromatic N) is 2. The Morgan fingerprint density at radius 2 is 2.05 bits per heavy atom. The first-order valence-corrected chi connectivity index (χ1v) is 8.81. The van der Waals surface area contributed by atoms with E-state index in [1.165, 1.54) is 40.5 Å². The molecule has 1 N–H and O–H groups in total. The van der Waals surface area contributed by atoms with Crippen molar-refractivity contribution in [2.45, 2.75) is 44.2 Å². The van der Waals surface area contributed by atoms with Gasteiger partial charge >= 0.3 is 0 Å². The Bertz CT molecular complexity index is 587. The lowest BCUT2D eigenvalue weighted by atomic mass is 10.0. The molecule has 1 aromatic carbocycles. The fraction of sp³-hybridized carbons (Fsp3) is 0.471. The van der Waals surface area contributed by atoms with Gasteiger partial charge in [0.15, 0.2) is 0 Å². The summed E-state index contributed by atoms with van der Waals surface area (Å²) in [6.45, 7) is 0. The summed E-state index contributed by atoms with van der Waals surface area (Å²) in [5, 5.41) is 8.24. The first-order valence-electron chi connectivity index (χ1n) is 7.73. The molecule has 3 nitrogen and oxygen atoms in total. The van der Waals surface area contributed by atoms with E-state index in [1.807, 2.05) is 7.05 Å². The average molecular weight is 395 g/mol. The van der Waals surface area contributed by atoms with E-state index in [0.29, 0.717) is 12.1 Å². The second-order valence-electron chi connectivity index (χ2n) is 5.79. The molecule has 1 saturated carbocycles. The van der Waals surface area contributed by atoms with Crippen molar-refractivity contribution in [2.24, 2.45) is 0 Å². The molecule has 3 rings (SSSR count). The lowest BCUT2D eigenvalue weighted by Crippen LogP contribution is -2.20. The van der Waals surface area contributed by atoms with Gasteiger partial charge in [0.2, 0.25) is 0 Å². The van der Waals surface area contributed by atoms with Crippen LogP contribution >= 0.6 is 22.6 Å². The predicted molar refractivity (Wildman–Crippen MR) is 94.4 cm³/mol. The predicted octanol–water partition coefficient (Wildman–Crippen LogP) is 4.11. The highest BCUT2D eigenvalue weighted by Crippen LogP contribution is 2.29. The minimum absolute atomic E-state index is 0.324. The second kappa shape index (κ2) is 6.92. The van der Waals surface area contributed by atoms with Crippen molar-refractivity contribution in [3.05, 3.63) is 51.4 Å². The van der Waals surface area contributed by atoms with Crippen molar-refractivity contribution in [3.8, 4) is 0 Å². The van der Waals surface area contributed by atoms with Gasteiger partial charge in [0.1, 0.15) is 0 Å². The van der Waals surface area contributed by atoms with Crippen LogP contribution in [0.4, 0.5) is 0 Å². The molecule has 1 aliphatic carbocycles. The van der Waals surface area contributed by atoms with Crippen LogP contribution in [0.5, 0.6) is 0 Å². The third-order valence-corrected chi connectivity index (χ3v) is 5.39.